The van der Waals surface area contributed by atoms with Gasteiger partial charge in [0.05, 0.1) is 20.5 Å². The van der Waals surface area contributed by atoms with Crippen LogP contribution in [0.1, 0.15) is 27.0 Å². The Hall–Kier alpha value is -3.83. The molecule has 0 unspecified atom stereocenters. The van der Waals surface area contributed by atoms with Crippen LogP contribution in [0.15, 0.2) is 85.1 Å². The molecule has 0 aromatic heterocycles. The molecule has 0 aliphatic rings. The molecular formula is C27H23ClO5. The second-order valence-corrected chi connectivity index (χ2v) is 7.36. The summed E-state index contributed by atoms with van der Waals surface area (Å²) in [7, 11) is 2.78. The zero-order chi connectivity index (χ0) is 23.6. The van der Waals surface area contributed by atoms with Gasteiger partial charge in [-0.25, -0.2) is 4.79 Å². The van der Waals surface area contributed by atoms with E-state index in [9.17, 15) is 9.59 Å². The van der Waals surface area contributed by atoms with E-state index in [-0.39, 0.29) is 18.0 Å². The van der Waals surface area contributed by atoms with Crippen molar-refractivity contribution in [2.45, 2.75) is 6.61 Å². The minimum absolute atomic E-state index is 0.170. The lowest BCUT2D eigenvalue weighted by molar-refractivity contribution is -0.133. The van der Waals surface area contributed by atoms with Crippen LogP contribution in [0.3, 0.4) is 0 Å². The molecule has 0 fully saturated rings. The molecule has 0 atom stereocenters. The molecule has 0 heterocycles. The number of carbonyl (C=O) groups is 2. The number of methoxy groups -OCH3 is 2. The number of hydrogen-bond donors (Lipinski definition) is 0. The van der Waals surface area contributed by atoms with Crippen molar-refractivity contribution in [2.75, 3.05) is 14.2 Å². The molecule has 0 aliphatic carbocycles. The first-order valence-electron chi connectivity index (χ1n) is 10.1. The zero-order valence-corrected chi connectivity index (χ0v) is 19.0. The highest BCUT2D eigenvalue weighted by molar-refractivity contribution is 6.32. The molecule has 0 spiro atoms. The van der Waals surface area contributed by atoms with Gasteiger partial charge >= 0.3 is 5.97 Å². The fourth-order valence-corrected chi connectivity index (χ4v) is 3.33. The molecule has 6 heteroatoms. The van der Waals surface area contributed by atoms with Gasteiger partial charge in [-0.3, -0.25) is 4.79 Å². The Morgan fingerprint density at radius 2 is 1.70 bits per heavy atom. The third-order valence-corrected chi connectivity index (χ3v) is 5.13. The lowest BCUT2D eigenvalue weighted by Gasteiger charge is -2.13. The number of carbonyl (C=O) groups excluding carboxylic acids is 2. The lowest BCUT2D eigenvalue weighted by Crippen LogP contribution is -2.08. The zero-order valence-electron chi connectivity index (χ0n) is 18.3. The van der Waals surface area contributed by atoms with Crippen LogP contribution in [0.25, 0.3) is 11.6 Å². The summed E-state index contributed by atoms with van der Waals surface area (Å²) >= 11 is 6.14. The van der Waals surface area contributed by atoms with Gasteiger partial charge < -0.3 is 14.2 Å². The van der Waals surface area contributed by atoms with Crippen LogP contribution in [0, 0.1) is 0 Å². The molecule has 0 bridgehead atoms. The van der Waals surface area contributed by atoms with Crippen molar-refractivity contribution in [2.24, 2.45) is 0 Å². The van der Waals surface area contributed by atoms with E-state index in [2.05, 4.69) is 0 Å². The van der Waals surface area contributed by atoms with Crippen LogP contribution in [0.2, 0.25) is 5.02 Å². The molecule has 0 saturated heterocycles. The molecule has 33 heavy (non-hydrogen) atoms. The Labute approximate surface area is 197 Å². The molecule has 3 aromatic carbocycles. The topological polar surface area (TPSA) is 61.8 Å². The summed E-state index contributed by atoms with van der Waals surface area (Å²) in [6.07, 6.45) is 4.51. The molecule has 0 N–H and O–H groups in total. The average molecular weight is 463 g/mol. The Morgan fingerprint density at radius 1 is 0.939 bits per heavy atom. The van der Waals surface area contributed by atoms with Crippen molar-refractivity contribution in [1.29, 1.82) is 0 Å². The van der Waals surface area contributed by atoms with Crippen molar-refractivity contribution in [3.63, 3.8) is 0 Å². The van der Waals surface area contributed by atoms with E-state index >= 15 is 0 Å². The lowest BCUT2D eigenvalue weighted by atomic mass is 10.0. The minimum atomic E-state index is -0.512. The first-order valence-corrected chi connectivity index (χ1v) is 10.5. The predicted octanol–water partition coefficient (Wildman–Crippen LogP) is 5.98. The molecule has 168 valence electrons. The second-order valence-electron chi connectivity index (χ2n) is 6.95. The molecule has 0 saturated carbocycles. The van der Waals surface area contributed by atoms with Crippen LogP contribution in [0.5, 0.6) is 5.75 Å². The maximum Gasteiger partial charge on any atom is 0.341 e. The van der Waals surface area contributed by atoms with Gasteiger partial charge in [-0.1, -0.05) is 66.2 Å². The Balaban J connectivity index is 1.76. The first-order chi connectivity index (χ1) is 16.0. The Bertz CT molecular complexity index is 1200. The maximum atomic E-state index is 12.6. The van der Waals surface area contributed by atoms with Gasteiger partial charge in [0.2, 0.25) is 0 Å². The highest BCUT2D eigenvalue weighted by Crippen LogP contribution is 2.23. The van der Waals surface area contributed by atoms with Gasteiger partial charge in [-0.05, 0) is 47.0 Å². The predicted molar refractivity (Wildman–Crippen MR) is 129 cm³/mol. The summed E-state index contributed by atoms with van der Waals surface area (Å²) < 4.78 is 15.8. The van der Waals surface area contributed by atoms with Gasteiger partial charge in [0.15, 0.2) is 5.78 Å². The van der Waals surface area contributed by atoms with E-state index in [1.54, 1.807) is 42.5 Å². The summed E-state index contributed by atoms with van der Waals surface area (Å²) in [6.45, 7) is 0.182. The van der Waals surface area contributed by atoms with Crippen molar-refractivity contribution in [3.8, 4) is 5.75 Å². The van der Waals surface area contributed by atoms with Crippen molar-refractivity contribution >= 4 is 35.0 Å². The number of ether oxygens (including phenoxy) is 3. The summed E-state index contributed by atoms with van der Waals surface area (Å²) in [5, 5.41) is 0.575. The van der Waals surface area contributed by atoms with Gasteiger partial charge in [-0.15, -0.1) is 0 Å². The molecule has 5 nitrogen and oxygen atoms in total. The summed E-state index contributed by atoms with van der Waals surface area (Å²) in [6, 6.07) is 21.5. The molecular weight excluding hydrogens is 440 g/mol. The smallest absolute Gasteiger partial charge is 0.341 e. The molecule has 3 rings (SSSR count). The number of halogens is 1. The quantitative estimate of drug-likeness (QED) is 0.169. The SMILES string of the molecule is COC=C(C(=O)OC)c1ccccc1COc1cccc(C(=O)C=Cc2ccccc2Cl)c1. The summed E-state index contributed by atoms with van der Waals surface area (Å²) in [4.78, 5) is 24.8. The minimum Gasteiger partial charge on any atom is -0.503 e. The summed E-state index contributed by atoms with van der Waals surface area (Å²) in [5.74, 6) is -0.156. The average Bonchev–Trinajstić information content (AvgIpc) is 2.85. The number of benzene rings is 3. The van der Waals surface area contributed by atoms with E-state index in [0.29, 0.717) is 21.9 Å². The van der Waals surface area contributed by atoms with E-state index in [4.69, 9.17) is 25.8 Å². The molecule has 0 amide bonds. The van der Waals surface area contributed by atoms with Gasteiger partial charge in [-0.2, -0.15) is 0 Å². The monoisotopic (exact) mass is 462 g/mol. The van der Waals surface area contributed by atoms with E-state index in [1.165, 1.54) is 26.6 Å². The van der Waals surface area contributed by atoms with Crippen LogP contribution >= 0.6 is 11.6 Å². The van der Waals surface area contributed by atoms with Crippen LogP contribution in [-0.4, -0.2) is 26.0 Å². The highest BCUT2D eigenvalue weighted by Gasteiger charge is 2.17. The number of allylic oxidation sites excluding steroid dienone is 1. The first kappa shape index (κ1) is 23.8. The molecule has 3 aromatic rings. The third-order valence-electron chi connectivity index (χ3n) is 4.78. The van der Waals surface area contributed by atoms with Gasteiger partial charge in [0.25, 0.3) is 0 Å². The van der Waals surface area contributed by atoms with Crippen LogP contribution in [0.4, 0.5) is 0 Å². The fourth-order valence-electron chi connectivity index (χ4n) is 3.13. The number of rotatable bonds is 9. The Morgan fingerprint density at radius 3 is 2.45 bits per heavy atom. The van der Waals surface area contributed by atoms with Crippen LogP contribution in [-0.2, 0) is 20.9 Å². The molecule has 0 radical (unpaired) electrons. The normalized spacial score (nSPS) is 11.3. The van der Waals surface area contributed by atoms with Gasteiger partial charge in [0, 0.05) is 10.6 Å². The number of ketones is 1. The largest absolute Gasteiger partial charge is 0.503 e. The van der Waals surface area contributed by atoms with Crippen molar-refractivity contribution < 1.29 is 23.8 Å². The fraction of sp³-hybridized carbons (Fsp3) is 0.111. The Kier molecular flexibility index (Phi) is 8.44. The standard InChI is InChI=1S/C27H23ClO5/c1-31-18-24(27(30)32-2)23-12-5-3-9-21(23)17-33-22-11-7-10-20(16-22)26(29)15-14-19-8-4-6-13-25(19)28/h3-16,18H,17H2,1-2H3. The number of esters is 1. The number of hydrogen-bond acceptors (Lipinski definition) is 5. The third kappa shape index (κ3) is 6.34. The van der Waals surface area contributed by atoms with E-state index in [0.717, 1.165) is 11.1 Å². The van der Waals surface area contributed by atoms with Crippen molar-refractivity contribution in [3.05, 3.63) is 112 Å². The van der Waals surface area contributed by atoms with Gasteiger partial charge in [0.1, 0.15) is 17.9 Å². The van der Waals surface area contributed by atoms with Crippen molar-refractivity contribution in [1.82, 2.24) is 0 Å². The van der Waals surface area contributed by atoms with Crippen LogP contribution < -0.4 is 4.74 Å². The van der Waals surface area contributed by atoms with E-state index in [1.807, 2.05) is 36.4 Å². The maximum absolute atomic E-state index is 12.6. The second kappa shape index (κ2) is 11.7. The highest BCUT2D eigenvalue weighted by atomic mass is 35.5. The summed E-state index contributed by atoms with van der Waals surface area (Å²) in [5.41, 5.74) is 2.94. The molecule has 0 aliphatic heterocycles. The van der Waals surface area contributed by atoms with E-state index < -0.39 is 5.97 Å².